The Hall–Kier alpha value is -2.16. The van der Waals surface area contributed by atoms with Gasteiger partial charge in [-0.2, -0.15) is 0 Å². The second kappa shape index (κ2) is 6.53. The maximum Gasteiger partial charge on any atom is 0.326 e. The SMILES string of the molecule is NC(=O)C[C@@H](NC(=O)Nc1nc2c(s1)CCCC2)C(=O)O. The fraction of sp³-hybridized carbons (Fsp3) is 0.500. The molecule has 0 spiro atoms. The maximum atomic E-state index is 11.8. The van der Waals surface area contributed by atoms with Crippen molar-refractivity contribution >= 4 is 34.4 Å². The van der Waals surface area contributed by atoms with E-state index in [-0.39, 0.29) is 0 Å². The highest BCUT2D eigenvalue weighted by molar-refractivity contribution is 7.15. The first-order valence-corrected chi connectivity index (χ1v) is 7.34. The molecule has 1 aromatic heterocycles. The van der Waals surface area contributed by atoms with Crippen LogP contribution >= 0.6 is 11.3 Å². The first-order chi connectivity index (χ1) is 9.95. The summed E-state index contributed by atoms with van der Waals surface area (Å²) in [4.78, 5) is 38.9. The summed E-state index contributed by atoms with van der Waals surface area (Å²) < 4.78 is 0. The summed E-state index contributed by atoms with van der Waals surface area (Å²) in [6.07, 6.45) is 3.59. The van der Waals surface area contributed by atoms with Crippen molar-refractivity contribution < 1.29 is 19.5 Å². The minimum absolute atomic E-state index is 0.433. The molecule has 0 aliphatic heterocycles. The Morgan fingerprint density at radius 1 is 1.33 bits per heavy atom. The second-order valence-corrected chi connectivity index (χ2v) is 5.84. The molecule has 3 amide bonds. The molecule has 0 aromatic carbocycles. The van der Waals surface area contributed by atoms with Gasteiger partial charge in [-0.1, -0.05) is 0 Å². The molecule has 9 heteroatoms. The Morgan fingerprint density at radius 2 is 2.05 bits per heavy atom. The number of primary amides is 1. The number of nitrogens with two attached hydrogens (primary N) is 1. The second-order valence-electron chi connectivity index (χ2n) is 4.76. The van der Waals surface area contributed by atoms with E-state index in [1.165, 1.54) is 11.3 Å². The van der Waals surface area contributed by atoms with Crippen molar-refractivity contribution in [1.82, 2.24) is 10.3 Å². The molecule has 0 saturated carbocycles. The third-order valence-corrected chi connectivity index (χ3v) is 4.15. The van der Waals surface area contributed by atoms with Gasteiger partial charge >= 0.3 is 12.0 Å². The smallest absolute Gasteiger partial charge is 0.326 e. The first kappa shape index (κ1) is 15.2. The largest absolute Gasteiger partial charge is 0.480 e. The van der Waals surface area contributed by atoms with Gasteiger partial charge in [-0.15, -0.1) is 11.3 Å². The molecule has 0 saturated heterocycles. The number of aromatic nitrogens is 1. The normalized spacial score (nSPS) is 14.9. The van der Waals surface area contributed by atoms with Crippen molar-refractivity contribution in [3.63, 3.8) is 0 Å². The van der Waals surface area contributed by atoms with Crippen LogP contribution in [0, 0.1) is 0 Å². The average Bonchev–Trinajstić information content (AvgIpc) is 2.79. The van der Waals surface area contributed by atoms with Crippen LogP contribution in [0.2, 0.25) is 0 Å². The summed E-state index contributed by atoms with van der Waals surface area (Å²) in [5, 5.41) is 14.0. The number of carboxylic acids is 1. The molecule has 0 unspecified atom stereocenters. The minimum Gasteiger partial charge on any atom is -0.480 e. The van der Waals surface area contributed by atoms with Crippen LogP contribution in [0.5, 0.6) is 0 Å². The van der Waals surface area contributed by atoms with Crippen molar-refractivity contribution in [3.8, 4) is 0 Å². The van der Waals surface area contributed by atoms with Crippen molar-refractivity contribution in [2.45, 2.75) is 38.1 Å². The molecule has 0 radical (unpaired) electrons. The molecule has 114 valence electrons. The highest BCUT2D eigenvalue weighted by Gasteiger charge is 2.23. The van der Waals surface area contributed by atoms with Gasteiger partial charge in [-0.3, -0.25) is 10.1 Å². The van der Waals surface area contributed by atoms with E-state index in [1.54, 1.807) is 0 Å². The van der Waals surface area contributed by atoms with E-state index >= 15 is 0 Å². The topological polar surface area (TPSA) is 134 Å². The van der Waals surface area contributed by atoms with Gasteiger partial charge in [0.1, 0.15) is 6.04 Å². The number of aliphatic carboxylic acids is 1. The molecule has 2 rings (SSSR count). The first-order valence-electron chi connectivity index (χ1n) is 6.53. The number of carbonyl (C=O) groups is 3. The summed E-state index contributed by atoms with van der Waals surface area (Å²) in [6.45, 7) is 0. The third kappa shape index (κ3) is 4.15. The lowest BCUT2D eigenvalue weighted by atomic mass is 10.0. The van der Waals surface area contributed by atoms with E-state index in [0.29, 0.717) is 5.13 Å². The molecule has 1 aliphatic rings. The third-order valence-electron chi connectivity index (χ3n) is 3.07. The molecule has 1 aliphatic carbocycles. The van der Waals surface area contributed by atoms with Gasteiger partial charge in [-0.05, 0) is 25.7 Å². The number of carbonyl (C=O) groups excluding carboxylic acids is 2. The highest BCUT2D eigenvalue weighted by atomic mass is 32.1. The Bertz CT molecular complexity index is 548. The number of rotatable bonds is 5. The number of amides is 3. The van der Waals surface area contributed by atoms with Crippen LogP contribution < -0.4 is 16.4 Å². The van der Waals surface area contributed by atoms with Crippen LogP contribution in [0.15, 0.2) is 0 Å². The van der Waals surface area contributed by atoms with E-state index < -0.39 is 30.4 Å². The van der Waals surface area contributed by atoms with Crippen molar-refractivity contribution in [2.75, 3.05) is 5.32 Å². The van der Waals surface area contributed by atoms with E-state index in [0.717, 1.165) is 36.3 Å². The fourth-order valence-corrected chi connectivity index (χ4v) is 3.14. The molecule has 0 fully saturated rings. The number of aryl methyl sites for hydroxylation is 2. The maximum absolute atomic E-state index is 11.8. The van der Waals surface area contributed by atoms with Gasteiger partial charge in [0.15, 0.2) is 5.13 Å². The molecule has 8 nitrogen and oxygen atoms in total. The van der Waals surface area contributed by atoms with Crippen LogP contribution in [-0.4, -0.2) is 34.0 Å². The highest BCUT2D eigenvalue weighted by Crippen LogP contribution is 2.29. The van der Waals surface area contributed by atoms with Gasteiger partial charge in [0.25, 0.3) is 0 Å². The Morgan fingerprint density at radius 3 is 2.67 bits per heavy atom. The number of urea groups is 1. The predicted octanol–water partition coefficient (Wildman–Crippen LogP) is 0.472. The van der Waals surface area contributed by atoms with Crippen LogP contribution in [-0.2, 0) is 22.4 Å². The summed E-state index contributed by atoms with van der Waals surface area (Å²) in [6, 6.07) is -2.06. The Kier molecular flexibility index (Phi) is 4.73. The lowest BCUT2D eigenvalue weighted by Gasteiger charge is -2.12. The Balaban J connectivity index is 1.95. The van der Waals surface area contributed by atoms with E-state index in [4.69, 9.17) is 10.8 Å². The van der Waals surface area contributed by atoms with Crippen molar-refractivity contribution in [2.24, 2.45) is 5.73 Å². The quantitative estimate of drug-likeness (QED) is 0.627. The van der Waals surface area contributed by atoms with E-state index in [2.05, 4.69) is 15.6 Å². The number of hydrogen-bond acceptors (Lipinski definition) is 5. The van der Waals surface area contributed by atoms with E-state index in [9.17, 15) is 14.4 Å². The van der Waals surface area contributed by atoms with Gasteiger partial charge in [-0.25, -0.2) is 14.6 Å². The number of carboxylic acid groups (broad SMARTS) is 1. The predicted molar refractivity (Wildman–Crippen MR) is 76.1 cm³/mol. The Labute approximate surface area is 124 Å². The molecule has 5 N–H and O–H groups in total. The van der Waals surface area contributed by atoms with Gasteiger partial charge in [0.2, 0.25) is 5.91 Å². The number of anilines is 1. The summed E-state index contributed by atoms with van der Waals surface area (Å²) in [7, 11) is 0. The lowest BCUT2D eigenvalue weighted by molar-refractivity contribution is -0.140. The van der Waals surface area contributed by atoms with Crippen LogP contribution in [0.4, 0.5) is 9.93 Å². The zero-order chi connectivity index (χ0) is 15.4. The summed E-state index contributed by atoms with van der Waals surface area (Å²) in [5.41, 5.74) is 5.94. The number of hydrogen-bond donors (Lipinski definition) is 4. The molecule has 1 aromatic rings. The van der Waals surface area contributed by atoms with Gasteiger partial charge in [0.05, 0.1) is 12.1 Å². The number of nitrogens with zero attached hydrogens (tertiary/aromatic N) is 1. The lowest BCUT2D eigenvalue weighted by Crippen LogP contribution is -2.45. The molecular formula is C12H16N4O4S. The number of fused-ring (bicyclic) bond motifs is 1. The summed E-state index contributed by atoms with van der Waals surface area (Å²) >= 11 is 1.39. The summed E-state index contributed by atoms with van der Waals surface area (Å²) in [5.74, 6) is -2.12. The zero-order valence-electron chi connectivity index (χ0n) is 11.2. The monoisotopic (exact) mass is 312 g/mol. The molecule has 1 heterocycles. The minimum atomic E-state index is -1.35. The zero-order valence-corrected chi connectivity index (χ0v) is 12.0. The molecule has 1 atom stereocenters. The van der Waals surface area contributed by atoms with E-state index in [1.807, 2.05) is 0 Å². The van der Waals surface area contributed by atoms with Crippen molar-refractivity contribution in [3.05, 3.63) is 10.6 Å². The van der Waals surface area contributed by atoms with Crippen LogP contribution in [0.25, 0.3) is 0 Å². The number of nitrogens with one attached hydrogen (secondary N) is 2. The average molecular weight is 312 g/mol. The standard InChI is InChI=1S/C12H16N4O4S/c13-9(17)5-7(10(18)19)14-11(20)16-12-15-6-3-1-2-4-8(6)21-12/h7H,1-5H2,(H2,13,17)(H,18,19)(H2,14,15,16,20)/t7-/m1/s1. The van der Waals surface area contributed by atoms with Gasteiger partial charge in [0, 0.05) is 4.88 Å². The number of thiazole rings is 1. The van der Waals surface area contributed by atoms with Crippen LogP contribution in [0.3, 0.4) is 0 Å². The van der Waals surface area contributed by atoms with Gasteiger partial charge < -0.3 is 16.2 Å². The fourth-order valence-electron chi connectivity index (χ4n) is 2.10. The van der Waals surface area contributed by atoms with Crippen LogP contribution in [0.1, 0.15) is 29.8 Å². The molecule has 0 bridgehead atoms. The van der Waals surface area contributed by atoms with Crippen molar-refractivity contribution in [1.29, 1.82) is 0 Å². The molecular weight excluding hydrogens is 296 g/mol. The molecule has 21 heavy (non-hydrogen) atoms.